The molecule has 0 saturated carbocycles. The number of nitrogens with zero attached hydrogens (tertiary/aromatic N) is 2. The number of aromatic nitrogens is 2. The van der Waals surface area contributed by atoms with Gasteiger partial charge < -0.3 is 8.83 Å². The van der Waals surface area contributed by atoms with Crippen LogP contribution in [-0.2, 0) is 20.4 Å². The zero-order valence-corrected chi connectivity index (χ0v) is 43.2. The number of carbonyl (C=O) groups is 2. The Morgan fingerprint density at radius 2 is 0.873 bits per heavy atom. The maximum atomic E-state index is 12.1. The van der Waals surface area contributed by atoms with Crippen LogP contribution in [0.3, 0.4) is 0 Å². The van der Waals surface area contributed by atoms with E-state index in [0.29, 0.717) is 17.4 Å². The molecule has 0 radical (unpaired) electrons. The fourth-order valence-electron chi connectivity index (χ4n) is 8.60. The molecule has 71 heavy (non-hydrogen) atoms. The maximum absolute atomic E-state index is 12.1. The van der Waals surface area contributed by atoms with Crippen molar-refractivity contribution >= 4 is 39.3 Å². The van der Waals surface area contributed by atoms with Crippen molar-refractivity contribution in [1.82, 2.24) is 9.97 Å². The summed E-state index contributed by atoms with van der Waals surface area (Å²) in [4.78, 5) is 33.6. The van der Waals surface area contributed by atoms with Crippen LogP contribution in [0.1, 0.15) is 95.7 Å². The SMILES string of the molecule is Cc1ccccc1-c1cc(C(C)(C)C)cc2nc(-c3ccccc3)oc12.Cc1ccccc1-c1cc(C(C)(C)C)cc2oc(-c3ccccc3)nc12.Cc1ccccc1C1=CC(C(C)(C)C)=CC(=O)C1=O. The Morgan fingerprint density at radius 1 is 0.423 bits per heavy atom. The lowest BCUT2D eigenvalue weighted by atomic mass is 9.79. The van der Waals surface area contributed by atoms with Crippen LogP contribution in [0.4, 0.5) is 0 Å². The van der Waals surface area contributed by atoms with Crippen LogP contribution in [0, 0.1) is 26.2 Å². The van der Waals surface area contributed by atoms with Crippen molar-refractivity contribution in [1.29, 1.82) is 0 Å². The van der Waals surface area contributed by atoms with Crippen LogP contribution in [0.5, 0.6) is 0 Å². The third-order valence-electron chi connectivity index (χ3n) is 13.0. The highest BCUT2D eigenvalue weighted by Crippen LogP contribution is 2.40. The predicted molar refractivity (Wildman–Crippen MR) is 293 cm³/mol. The summed E-state index contributed by atoms with van der Waals surface area (Å²) in [6.07, 6.45) is 3.32. The van der Waals surface area contributed by atoms with E-state index in [4.69, 9.17) is 18.8 Å². The first kappa shape index (κ1) is 49.7. The van der Waals surface area contributed by atoms with Gasteiger partial charge in [-0.05, 0) is 148 Å². The van der Waals surface area contributed by atoms with E-state index in [1.165, 1.54) is 39.5 Å². The zero-order chi connectivity index (χ0) is 50.8. The van der Waals surface area contributed by atoms with E-state index in [0.717, 1.165) is 61.2 Å². The van der Waals surface area contributed by atoms with E-state index in [2.05, 4.69) is 128 Å². The minimum atomic E-state index is -0.425. The van der Waals surface area contributed by atoms with Crippen LogP contribution in [0.2, 0.25) is 0 Å². The highest BCUT2D eigenvalue weighted by molar-refractivity contribution is 6.58. The van der Waals surface area contributed by atoms with Crippen molar-refractivity contribution in [2.75, 3.05) is 0 Å². The Balaban J connectivity index is 0.000000145. The first-order chi connectivity index (χ1) is 33.7. The fraction of sp³-hybridized carbons (Fsp3) is 0.231. The van der Waals surface area contributed by atoms with E-state index in [-0.39, 0.29) is 16.2 Å². The summed E-state index contributed by atoms with van der Waals surface area (Å²) >= 11 is 0. The third kappa shape index (κ3) is 11.0. The molecule has 2 heterocycles. The Labute approximate surface area is 419 Å². The number of fused-ring (bicyclic) bond motifs is 2. The molecule has 6 heteroatoms. The quantitative estimate of drug-likeness (QED) is 0.126. The summed E-state index contributed by atoms with van der Waals surface area (Å²) in [5.74, 6) is 0.496. The van der Waals surface area contributed by atoms with Crippen LogP contribution >= 0.6 is 0 Å². The van der Waals surface area contributed by atoms with Crippen molar-refractivity contribution in [2.45, 2.75) is 93.9 Å². The van der Waals surface area contributed by atoms with Gasteiger partial charge in [0.05, 0.1) is 0 Å². The molecule has 0 amide bonds. The van der Waals surface area contributed by atoms with Crippen molar-refractivity contribution in [2.24, 2.45) is 5.41 Å². The number of allylic oxidation sites excluding steroid dienone is 4. The molecule has 10 rings (SSSR count). The van der Waals surface area contributed by atoms with Gasteiger partial charge in [-0.3, -0.25) is 9.59 Å². The molecular weight excluding hydrogens is 873 g/mol. The number of aryl methyl sites for hydroxylation is 3. The Hall–Kier alpha value is -7.70. The lowest BCUT2D eigenvalue weighted by molar-refractivity contribution is -0.130. The molecule has 358 valence electrons. The molecule has 0 aliphatic heterocycles. The van der Waals surface area contributed by atoms with E-state index >= 15 is 0 Å². The molecule has 6 nitrogen and oxygen atoms in total. The zero-order valence-electron chi connectivity index (χ0n) is 43.2. The molecule has 0 N–H and O–H groups in total. The minimum absolute atomic E-state index is 0.0331. The van der Waals surface area contributed by atoms with E-state index in [9.17, 15) is 9.59 Å². The van der Waals surface area contributed by atoms with Gasteiger partial charge in [0.25, 0.3) is 0 Å². The molecule has 0 fully saturated rings. The van der Waals surface area contributed by atoms with E-state index in [1.54, 1.807) is 0 Å². The number of oxazole rings is 2. The summed E-state index contributed by atoms with van der Waals surface area (Å²) in [5, 5.41) is 0. The molecule has 0 unspecified atom stereocenters. The number of ketones is 2. The summed E-state index contributed by atoms with van der Waals surface area (Å²) in [6, 6.07) is 53.5. The molecular formula is C65H64N2O4. The number of hydrogen-bond acceptors (Lipinski definition) is 6. The smallest absolute Gasteiger partial charge is 0.233 e. The summed E-state index contributed by atoms with van der Waals surface area (Å²) in [5.41, 5.74) is 18.3. The van der Waals surface area contributed by atoms with Crippen LogP contribution < -0.4 is 0 Å². The van der Waals surface area contributed by atoms with E-state index in [1.807, 2.05) is 119 Å². The van der Waals surface area contributed by atoms with Crippen molar-refractivity contribution in [3.8, 4) is 45.2 Å². The number of Topliss-reactive ketones (excluding diaryl/α,β-unsaturated/α-hetero) is 1. The predicted octanol–water partition coefficient (Wildman–Crippen LogP) is 17.0. The maximum Gasteiger partial charge on any atom is 0.233 e. The summed E-state index contributed by atoms with van der Waals surface area (Å²) < 4.78 is 12.4. The summed E-state index contributed by atoms with van der Waals surface area (Å²) in [6.45, 7) is 25.7. The Bertz CT molecular complexity index is 3300. The first-order valence-corrected chi connectivity index (χ1v) is 24.4. The third-order valence-corrected chi connectivity index (χ3v) is 13.0. The van der Waals surface area contributed by atoms with E-state index < -0.39 is 11.6 Å². The highest BCUT2D eigenvalue weighted by atomic mass is 16.4. The van der Waals surface area contributed by atoms with Gasteiger partial charge >= 0.3 is 0 Å². The topological polar surface area (TPSA) is 86.2 Å². The molecule has 0 atom stereocenters. The molecule has 9 aromatic rings. The highest BCUT2D eigenvalue weighted by Gasteiger charge is 2.29. The van der Waals surface area contributed by atoms with Gasteiger partial charge in [0.2, 0.25) is 23.3 Å². The monoisotopic (exact) mass is 936 g/mol. The average Bonchev–Trinajstić information content (AvgIpc) is 3.98. The van der Waals surface area contributed by atoms with Gasteiger partial charge in [-0.15, -0.1) is 0 Å². The van der Waals surface area contributed by atoms with Crippen molar-refractivity contribution in [3.05, 3.63) is 209 Å². The lowest BCUT2D eigenvalue weighted by Gasteiger charge is -2.24. The molecule has 1 aliphatic carbocycles. The van der Waals surface area contributed by atoms with Crippen molar-refractivity contribution in [3.63, 3.8) is 0 Å². The molecule has 0 spiro atoms. The molecule has 1 aliphatic rings. The minimum Gasteiger partial charge on any atom is -0.436 e. The van der Waals surface area contributed by atoms with Gasteiger partial charge in [0.1, 0.15) is 11.0 Å². The second kappa shape index (κ2) is 20.0. The molecule has 0 bridgehead atoms. The van der Waals surface area contributed by atoms with Crippen LogP contribution in [0.15, 0.2) is 184 Å². The van der Waals surface area contributed by atoms with Gasteiger partial charge in [-0.2, -0.15) is 0 Å². The fourth-order valence-corrected chi connectivity index (χ4v) is 8.60. The molecule has 7 aromatic carbocycles. The van der Waals surface area contributed by atoms with Crippen molar-refractivity contribution < 1.29 is 18.4 Å². The summed E-state index contributed by atoms with van der Waals surface area (Å²) in [7, 11) is 0. The number of carbonyl (C=O) groups excluding carboxylic acids is 2. The largest absolute Gasteiger partial charge is 0.436 e. The van der Waals surface area contributed by atoms with Gasteiger partial charge in [0.15, 0.2) is 11.2 Å². The average molecular weight is 937 g/mol. The second-order valence-electron chi connectivity index (χ2n) is 21.6. The first-order valence-electron chi connectivity index (χ1n) is 24.4. The van der Waals surface area contributed by atoms with Gasteiger partial charge in [-0.1, -0.05) is 172 Å². The number of rotatable bonds is 5. The Morgan fingerprint density at radius 3 is 1.38 bits per heavy atom. The second-order valence-corrected chi connectivity index (χ2v) is 21.6. The van der Waals surface area contributed by atoms with Crippen LogP contribution in [0.25, 0.3) is 72.9 Å². The Kier molecular flexibility index (Phi) is 14.0. The van der Waals surface area contributed by atoms with Gasteiger partial charge in [0, 0.05) is 27.8 Å². The number of hydrogen-bond donors (Lipinski definition) is 0. The normalized spacial score (nSPS) is 13.0. The standard InChI is InChI=1S/2C24H23NO.C17H18O2/c1-16-10-8-9-13-19(16)20-14-18(24(2,3)4)15-21-22(20)25-23(26-21)17-11-6-5-7-12-17;1-16-10-8-9-13-19(16)20-14-18(24(2,3)4)15-21-22(20)26-23(25-21)17-11-6-5-7-12-17;1-11-7-5-6-8-13(11)14-9-12(17(2,3)4)10-15(18)16(14)19/h2*5-15H,1-4H3;5-10H,1-4H3. The lowest BCUT2D eigenvalue weighted by Crippen LogP contribution is -2.22. The van der Waals surface area contributed by atoms with Gasteiger partial charge in [-0.25, -0.2) is 9.97 Å². The number of benzene rings is 7. The molecule has 0 saturated heterocycles. The van der Waals surface area contributed by atoms with Crippen LogP contribution in [-0.4, -0.2) is 21.5 Å². The molecule has 2 aromatic heterocycles.